The summed E-state index contributed by atoms with van der Waals surface area (Å²) in [4.78, 5) is 14.6. The number of halogens is 1. The molecule has 0 aliphatic carbocycles. The van der Waals surface area contributed by atoms with Crippen molar-refractivity contribution < 1.29 is 0 Å². The highest BCUT2D eigenvalue weighted by Crippen LogP contribution is 2.33. The fourth-order valence-corrected chi connectivity index (χ4v) is 4.35. The smallest absolute Gasteiger partial charge is 0.237 e. The van der Waals surface area contributed by atoms with Crippen molar-refractivity contribution in [3.8, 4) is 17.2 Å². The molecule has 0 bridgehead atoms. The van der Waals surface area contributed by atoms with E-state index in [0.29, 0.717) is 5.95 Å². The minimum absolute atomic E-state index is 0.615. The first-order chi connectivity index (χ1) is 14.8. The zero-order valence-corrected chi connectivity index (χ0v) is 17.4. The number of hydrogen-bond donors (Lipinski definition) is 0. The Morgan fingerprint density at radius 2 is 1.50 bits per heavy atom. The summed E-state index contributed by atoms with van der Waals surface area (Å²) in [7, 11) is 0. The Morgan fingerprint density at radius 1 is 0.700 bits per heavy atom. The van der Waals surface area contributed by atoms with Crippen LogP contribution in [0.2, 0.25) is 0 Å². The lowest BCUT2D eigenvalue weighted by molar-refractivity contribution is 0.997. The summed E-state index contributed by atoms with van der Waals surface area (Å²) in [6, 6.07) is 28.7. The number of aromatic nitrogens is 4. The van der Waals surface area contributed by atoms with Gasteiger partial charge in [-0.3, -0.25) is 4.57 Å². The molecule has 0 radical (unpaired) electrons. The molecule has 0 atom stereocenters. The van der Waals surface area contributed by atoms with Gasteiger partial charge < -0.3 is 0 Å². The predicted molar refractivity (Wildman–Crippen MR) is 125 cm³/mol. The second kappa shape index (κ2) is 6.75. The largest absolute Gasteiger partial charge is 0.262 e. The highest BCUT2D eigenvalue weighted by Gasteiger charge is 2.17. The van der Waals surface area contributed by atoms with Crippen molar-refractivity contribution in [1.82, 2.24) is 19.5 Å². The van der Waals surface area contributed by atoms with Crippen LogP contribution < -0.4 is 0 Å². The van der Waals surface area contributed by atoms with Gasteiger partial charge in [-0.05, 0) is 30.3 Å². The quantitative estimate of drug-likeness (QED) is 0.300. The normalized spacial score (nSPS) is 11.5. The Bertz CT molecular complexity index is 1550. The summed E-state index contributed by atoms with van der Waals surface area (Å²) < 4.78 is 3.05. The Hall–Kier alpha value is -3.57. The summed E-state index contributed by atoms with van der Waals surface area (Å²) in [5.41, 5.74) is 4.75. The maximum atomic E-state index is 5.04. The van der Waals surface area contributed by atoms with Crippen molar-refractivity contribution in [3.05, 3.63) is 95.6 Å². The molecule has 3 heterocycles. The maximum absolute atomic E-state index is 5.04. The van der Waals surface area contributed by atoms with E-state index in [9.17, 15) is 0 Å². The number of nitrogens with zero attached hydrogens (tertiary/aromatic N) is 4. The van der Waals surface area contributed by atoms with Gasteiger partial charge >= 0.3 is 0 Å². The second-order valence-electron chi connectivity index (χ2n) is 7.13. The van der Waals surface area contributed by atoms with Gasteiger partial charge in [0.25, 0.3) is 0 Å². The first kappa shape index (κ1) is 17.3. The topological polar surface area (TPSA) is 43.6 Å². The van der Waals surface area contributed by atoms with Crippen molar-refractivity contribution in [3.63, 3.8) is 0 Å². The minimum atomic E-state index is 0.615. The van der Waals surface area contributed by atoms with Gasteiger partial charge in [0.05, 0.1) is 16.7 Å². The number of fused-ring (bicyclic) bond motifs is 4. The molecule has 0 unspecified atom stereocenters. The molecule has 30 heavy (non-hydrogen) atoms. The van der Waals surface area contributed by atoms with E-state index in [1.165, 1.54) is 0 Å². The molecule has 0 saturated heterocycles. The van der Waals surface area contributed by atoms with Crippen LogP contribution in [0.1, 0.15) is 0 Å². The van der Waals surface area contributed by atoms with E-state index in [1.807, 2.05) is 53.2 Å². The maximum Gasteiger partial charge on any atom is 0.237 e. The van der Waals surface area contributed by atoms with Crippen LogP contribution in [0, 0.1) is 0 Å². The summed E-state index contributed by atoms with van der Waals surface area (Å²) in [5.74, 6) is 0.615. The van der Waals surface area contributed by atoms with Crippen LogP contribution in [0.25, 0.3) is 50.0 Å². The van der Waals surface area contributed by atoms with Gasteiger partial charge in [0.2, 0.25) is 5.95 Å². The fraction of sp³-hybridized carbons (Fsp3) is 0. The van der Waals surface area contributed by atoms with E-state index in [4.69, 9.17) is 9.97 Å². The summed E-state index contributed by atoms with van der Waals surface area (Å²) in [6.07, 6.45) is 1.81. The molecular formula is C25H15BrN4. The average Bonchev–Trinajstić information content (AvgIpc) is 3.12. The first-order valence-corrected chi connectivity index (χ1v) is 10.5. The molecule has 0 spiro atoms. The molecule has 0 N–H and O–H groups in total. The van der Waals surface area contributed by atoms with Gasteiger partial charge in [0, 0.05) is 32.4 Å². The Kier molecular flexibility index (Phi) is 3.89. The number of para-hydroxylation sites is 1. The van der Waals surface area contributed by atoms with Gasteiger partial charge in [-0.25, -0.2) is 15.0 Å². The Balaban J connectivity index is 1.76. The van der Waals surface area contributed by atoms with E-state index in [0.717, 1.165) is 48.6 Å². The lowest BCUT2D eigenvalue weighted by Gasteiger charge is -2.11. The van der Waals surface area contributed by atoms with E-state index < -0.39 is 0 Å². The van der Waals surface area contributed by atoms with Crippen LogP contribution >= 0.6 is 15.9 Å². The molecule has 0 saturated carbocycles. The highest BCUT2D eigenvalue weighted by atomic mass is 79.9. The van der Waals surface area contributed by atoms with E-state index in [-0.39, 0.29) is 0 Å². The van der Waals surface area contributed by atoms with Crippen LogP contribution in [0.15, 0.2) is 95.6 Å². The Morgan fingerprint density at radius 3 is 2.40 bits per heavy atom. The SMILES string of the molecule is Brc1ccc2c3cccnc3n(-c3nc(-c4ccccc4)c4ccccc4n3)c2c1. The molecule has 0 amide bonds. The Labute approximate surface area is 181 Å². The van der Waals surface area contributed by atoms with Crippen molar-refractivity contribution in [2.45, 2.75) is 0 Å². The van der Waals surface area contributed by atoms with Gasteiger partial charge in [-0.15, -0.1) is 0 Å². The molecule has 6 rings (SSSR count). The molecule has 0 fully saturated rings. The van der Waals surface area contributed by atoms with E-state index >= 15 is 0 Å². The monoisotopic (exact) mass is 450 g/mol. The van der Waals surface area contributed by atoms with Gasteiger partial charge in [-0.2, -0.15) is 0 Å². The van der Waals surface area contributed by atoms with Crippen LogP contribution in [0.4, 0.5) is 0 Å². The number of rotatable bonds is 2. The average molecular weight is 451 g/mol. The third-order valence-corrected chi connectivity index (χ3v) is 5.82. The third kappa shape index (κ3) is 2.63. The zero-order valence-electron chi connectivity index (χ0n) is 15.8. The molecule has 4 nitrogen and oxygen atoms in total. The molecule has 142 valence electrons. The summed E-state index contributed by atoms with van der Waals surface area (Å²) in [6.45, 7) is 0. The van der Waals surface area contributed by atoms with Gasteiger partial charge in [0.15, 0.2) is 0 Å². The number of hydrogen-bond acceptors (Lipinski definition) is 3. The molecule has 3 aromatic heterocycles. The number of benzene rings is 3. The summed E-state index contributed by atoms with van der Waals surface area (Å²) >= 11 is 3.61. The molecule has 6 aromatic rings. The first-order valence-electron chi connectivity index (χ1n) is 9.67. The van der Waals surface area contributed by atoms with Crippen molar-refractivity contribution in [2.75, 3.05) is 0 Å². The molecular weight excluding hydrogens is 436 g/mol. The second-order valence-corrected chi connectivity index (χ2v) is 8.04. The molecule has 0 aliphatic heterocycles. The van der Waals surface area contributed by atoms with Crippen molar-refractivity contribution in [1.29, 1.82) is 0 Å². The molecule has 5 heteroatoms. The predicted octanol–water partition coefficient (Wildman–Crippen LogP) is 6.55. The van der Waals surface area contributed by atoms with Crippen LogP contribution in [0.5, 0.6) is 0 Å². The number of pyridine rings is 1. The summed E-state index contributed by atoms with van der Waals surface area (Å²) in [5, 5.41) is 3.24. The van der Waals surface area contributed by atoms with Crippen LogP contribution in [-0.4, -0.2) is 19.5 Å². The van der Waals surface area contributed by atoms with Gasteiger partial charge in [-0.1, -0.05) is 70.5 Å². The lowest BCUT2D eigenvalue weighted by atomic mass is 10.1. The fourth-order valence-electron chi connectivity index (χ4n) is 4.00. The van der Waals surface area contributed by atoms with E-state index in [1.54, 1.807) is 0 Å². The van der Waals surface area contributed by atoms with Crippen LogP contribution in [0.3, 0.4) is 0 Å². The lowest BCUT2D eigenvalue weighted by Crippen LogP contribution is -2.04. The molecule has 3 aromatic carbocycles. The van der Waals surface area contributed by atoms with Crippen molar-refractivity contribution in [2.24, 2.45) is 0 Å². The minimum Gasteiger partial charge on any atom is -0.262 e. The van der Waals surface area contributed by atoms with Crippen molar-refractivity contribution >= 4 is 48.8 Å². The van der Waals surface area contributed by atoms with E-state index in [2.05, 4.69) is 63.4 Å². The third-order valence-electron chi connectivity index (χ3n) is 5.33. The zero-order chi connectivity index (χ0) is 20.1. The van der Waals surface area contributed by atoms with Crippen LogP contribution in [-0.2, 0) is 0 Å². The molecule has 0 aliphatic rings. The highest BCUT2D eigenvalue weighted by molar-refractivity contribution is 9.10. The van der Waals surface area contributed by atoms with Gasteiger partial charge in [0.1, 0.15) is 5.65 Å². The standard InChI is InChI=1S/C25H15BrN4/c26-17-12-13-18-19-10-6-14-27-24(19)30(22(18)15-17)25-28-21-11-5-4-9-20(21)23(29-25)16-7-2-1-3-8-16/h1-15H.